The molecule has 1 aromatic rings. The van der Waals surface area contributed by atoms with Gasteiger partial charge in [-0.2, -0.15) is 13.2 Å². The number of halogens is 5. The average molecular weight is 304 g/mol. The summed E-state index contributed by atoms with van der Waals surface area (Å²) in [6.45, 7) is 0. The average Bonchev–Trinajstić information content (AvgIpc) is 2.15. The molecule has 0 amide bonds. The second kappa shape index (κ2) is 4.72. The number of rotatable bonds is 2. The molecule has 15 heavy (non-hydrogen) atoms. The molecule has 6 heteroatoms. The fraction of sp³-hybridized carbons (Fsp3) is 0.333. The van der Waals surface area contributed by atoms with Crippen LogP contribution in [-0.2, 0) is 6.18 Å². The Labute approximate surface area is 98.0 Å². The lowest BCUT2D eigenvalue weighted by Gasteiger charge is -2.12. The van der Waals surface area contributed by atoms with Gasteiger partial charge in [-0.15, -0.1) is 0 Å². The molecule has 0 heterocycles. The highest BCUT2D eigenvalue weighted by atomic mass is 79.9. The molecular weight excluding hydrogens is 296 g/mol. The molecule has 1 N–H and O–H groups in total. The Kier molecular flexibility index (Phi) is 4.03. The van der Waals surface area contributed by atoms with Crippen molar-refractivity contribution in [1.82, 2.24) is 0 Å². The van der Waals surface area contributed by atoms with Gasteiger partial charge < -0.3 is 5.11 Å². The third-order valence-corrected chi connectivity index (χ3v) is 2.77. The zero-order chi connectivity index (χ0) is 11.6. The van der Waals surface area contributed by atoms with E-state index in [9.17, 15) is 18.3 Å². The highest BCUT2D eigenvalue weighted by Crippen LogP contribution is 2.33. The van der Waals surface area contributed by atoms with Crippen molar-refractivity contribution in [3.63, 3.8) is 0 Å². The van der Waals surface area contributed by atoms with E-state index < -0.39 is 17.8 Å². The van der Waals surface area contributed by atoms with Gasteiger partial charge in [-0.1, -0.05) is 33.6 Å². The molecule has 1 aromatic carbocycles. The molecule has 1 atom stereocenters. The van der Waals surface area contributed by atoms with E-state index in [0.29, 0.717) is 0 Å². The summed E-state index contributed by atoms with van der Waals surface area (Å²) in [6.07, 6.45) is -5.32. The van der Waals surface area contributed by atoms with E-state index >= 15 is 0 Å². The molecule has 1 unspecified atom stereocenters. The zero-order valence-electron chi connectivity index (χ0n) is 7.35. The first kappa shape index (κ1) is 12.8. The van der Waals surface area contributed by atoms with E-state index in [-0.39, 0.29) is 15.9 Å². The first-order chi connectivity index (χ1) is 6.86. The smallest absolute Gasteiger partial charge is 0.387 e. The maximum atomic E-state index is 12.3. The van der Waals surface area contributed by atoms with Gasteiger partial charge in [-0.25, -0.2) is 0 Å². The maximum absolute atomic E-state index is 12.3. The Morgan fingerprint density at radius 1 is 1.40 bits per heavy atom. The molecule has 0 aliphatic heterocycles. The van der Waals surface area contributed by atoms with E-state index in [1.807, 2.05) is 0 Å². The Bertz CT molecular complexity index is 354. The highest BCUT2D eigenvalue weighted by Gasteiger charge is 2.31. The van der Waals surface area contributed by atoms with Gasteiger partial charge in [0.25, 0.3) is 0 Å². The normalized spacial score (nSPS) is 14.0. The zero-order valence-corrected chi connectivity index (χ0v) is 9.70. The molecule has 1 nitrogen and oxygen atoms in total. The second-order valence-electron chi connectivity index (χ2n) is 2.90. The molecule has 0 saturated heterocycles. The van der Waals surface area contributed by atoms with Gasteiger partial charge in [0.05, 0.1) is 11.7 Å². The SMILES string of the molecule is OC(CBr)c1ccc(C(F)(F)F)cc1Cl. The summed E-state index contributed by atoms with van der Waals surface area (Å²) >= 11 is 8.64. The first-order valence-electron chi connectivity index (χ1n) is 3.97. The van der Waals surface area contributed by atoms with Crippen LogP contribution in [0.4, 0.5) is 13.2 Å². The first-order valence-corrected chi connectivity index (χ1v) is 5.47. The number of aliphatic hydroxyl groups excluding tert-OH is 1. The molecule has 0 fully saturated rings. The van der Waals surface area contributed by atoms with Crippen LogP contribution in [0.5, 0.6) is 0 Å². The van der Waals surface area contributed by atoms with Crippen LogP contribution >= 0.6 is 27.5 Å². The van der Waals surface area contributed by atoms with Crippen LogP contribution in [0.1, 0.15) is 17.2 Å². The summed E-state index contributed by atoms with van der Waals surface area (Å²) in [4.78, 5) is 0. The molecule has 84 valence electrons. The quantitative estimate of drug-likeness (QED) is 0.824. The molecule has 0 aliphatic rings. The predicted octanol–water partition coefficient (Wildman–Crippen LogP) is 3.79. The minimum atomic E-state index is -4.42. The van der Waals surface area contributed by atoms with Crippen LogP contribution in [0.2, 0.25) is 5.02 Å². The predicted molar refractivity (Wildman–Crippen MR) is 55.2 cm³/mol. The molecule has 0 aromatic heterocycles. The van der Waals surface area contributed by atoms with Crippen LogP contribution < -0.4 is 0 Å². The van der Waals surface area contributed by atoms with E-state index in [1.165, 1.54) is 6.07 Å². The molecule has 0 aliphatic carbocycles. The molecule has 0 spiro atoms. The lowest BCUT2D eigenvalue weighted by Crippen LogP contribution is -2.06. The third kappa shape index (κ3) is 3.09. The van der Waals surface area contributed by atoms with Gasteiger partial charge in [0.15, 0.2) is 0 Å². The molecule has 1 rings (SSSR count). The Morgan fingerprint density at radius 3 is 2.40 bits per heavy atom. The summed E-state index contributed by atoms with van der Waals surface area (Å²) in [5, 5.41) is 9.53. The van der Waals surface area contributed by atoms with Crippen molar-refractivity contribution in [3.05, 3.63) is 34.3 Å². The van der Waals surface area contributed by atoms with Gasteiger partial charge in [-0.3, -0.25) is 0 Å². The summed E-state index contributed by atoms with van der Waals surface area (Å²) in [5.74, 6) is 0. The molecule has 0 saturated carbocycles. The van der Waals surface area contributed by atoms with Crippen molar-refractivity contribution in [2.75, 3.05) is 5.33 Å². The summed E-state index contributed by atoms with van der Waals surface area (Å²) in [5.41, 5.74) is -0.542. The van der Waals surface area contributed by atoms with Gasteiger partial charge in [0.1, 0.15) is 0 Å². The Hall–Kier alpha value is -0.260. The lowest BCUT2D eigenvalue weighted by molar-refractivity contribution is -0.137. The van der Waals surface area contributed by atoms with Gasteiger partial charge in [0.2, 0.25) is 0 Å². The van der Waals surface area contributed by atoms with Crippen molar-refractivity contribution in [1.29, 1.82) is 0 Å². The fourth-order valence-corrected chi connectivity index (χ4v) is 1.71. The monoisotopic (exact) mass is 302 g/mol. The Morgan fingerprint density at radius 2 is 2.00 bits per heavy atom. The van der Waals surface area contributed by atoms with Crippen LogP contribution in [0.25, 0.3) is 0 Å². The topological polar surface area (TPSA) is 20.2 Å². The standard InChI is InChI=1S/C9H7BrClF3O/c10-4-8(15)6-2-1-5(3-7(6)11)9(12,13)14/h1-3,8,15H,4H2. The summed E-state index contributed by atoms with van der Waals surface area (Å²) in [7, 11) is 0. The van der Waals surface area contributed by atoms with Crippen molar-refractivity contribution in [2.45, 2.75) is 12.3 Å². The second-order valence-corrected chi connectivity index (χ2v) is 3.96. The largest absolute Gasteiger partial charge is 0.416 e. The molecule has 0 radical (unpaired) electrons. The number of alkyl halides is 4. The number of aliphatic hydroxyl groups is 1. The third-order valence-electron chi connectivity index (χ3n) is 1.83. The van der Waals surface area contributed by atoms with Crippen molar-refractivity contribution < 1.29 is 18.3 Å². The minimum absolute atomic E-state index is 0.0863. The van der Waals surface area contributed by atoms with Crippen LogP contribution in [0.3, 0.4) is 0 Å². The van der Waals surface area contributed by atoms with Crippen molar-refractivity contribution in [3.8, 4) is 0 Å². The molecular formula is C9H7BrClF3O. The fourth-order valence-electron chi connectivity index (χ4n) is 1.06. The van der Waals surface area contributed by atoms with Gasteiger partial charge >= 0.3 is 6.18 Å². The summed E-state index contributed by atoms with van der Waals surface area (Å²) in [6, 6.07) is 2.88. The highest BCUT2D eigenvalue weighted by molar-refractivity contribution is 9.09. The van der Waals surface area contributed by atoms with E-state index in [2.05, 4.69) is 15.9 Å². The lowest BCUT2D eigenvalue weighted by atomic mass is 10.1. The van der Waals surface area contributed by atoms with Crippen LogP contribution in [0, 0.1) is 0 Å². The van der Waals surface area contributed by atoms with Crippen molar-refractivity contribution in [2.24, 2.45) is 0 Å². The number of hydrogen-bond donors (Lipinski definition) is 1. The van der Waals surface area contributed by atoms with E-state index in [4.69, 9.17) is 11.6 Å². The van der Waals surface area contributed by atoms with E-state index in [1.54, 1.807) is 0 Å². The number of benzene rings is 1. The van der Waals surface area contributed by atoms with Gasteiger partial charge in [-0.05, 0) is 17.7 Å². The van der Waals surface area contributed by atoms with Gasteiger partial charge in [0, 0.05) is 10.4 Å². The molecule has 0 bridgehead atoms. The maximum Gasteiger partial charge on any atom is 0.416 e. The summed E-state index contributed by atoms with van der Waals surface area (Å²) < 4.78 is 36.8. The van der Waals surface area contributed by atoms with Crippen LogP contribution in [0.15, 0.2) is 18.2 Å². The number of hydrogen-bond acceptors (Lipinski definition) is 1. The van der Waals surface area contributed by atoms with E-state index in [0.717, 1.165) is 12.1 Å². The minimum Gasteiger partial charge on any atom is -0.387 e. The Balaban J connectivity index is 3.09. The van der Waals surface area contributed by atoms with Crippen LogP contribution in [-0.4, -0.2) is 10.4 Å². The van der Waals surface area contributed by atoms with Crippen molar-refractivity contribution >= 4 is 27.5 Å².